The molecule has 0 radical (unpaired) electrons. The van der Waals surface area contributed by atoms with E-state index in [1.807, 2.05) is 19.3 Å². The van der Waals surface area contributed by atoms with Gasteiger partial charge in [-0.2, -0.15) is 0 Å². The second-order valence-corrected chi connectivity index (χ2v) is 4.22. The Morgan fingerprint density at radius 2 is 2.29 bits per heavy atom. The first kappa shape index (κ1) is 14.0. The predicted molar refractivity (Wildman–Crippen MR) is 70.4 cm³/mol. The number of nitrogens with one attached hydrogen (secondary N) is 1. The minimum absolute atomic E-state index is 0.790. The van der Waals surface area contributed by atoms with E-state index in [2.05, 4.69) is 33.9 Å². The first-order valence-electron chi connectivity index (χ1n) is 6.21. The van der Waals surface area contributed by atoms with Crippen molar-refractivity contribution in [3.63, 3.8) is 0 Å². The zero-order chi connectivity index (χ0) is 12.5. The van der Waals surface area contributed by atoms with Crippen LogP contribution < -0.4 is 5.32 Å². The number of aryl methyl sites for hydroxylation is 1. The maximum absolute atomic E-state index is 5.32. The van der Waals surface area contributed by atoms with Crippen molar-refractivity contribution in [1.82, 2.24) is 14.5 Å². The van der Waals surface area contributed by atoms with Crippen molar-refractivity contribution >= 4 is 5.95 Å². The van der Waals surface area contributed by atoms with Crippen LogP contribution in [0.2, 0.25) is 0 Å². The Morgan fingerprint density at radius 3 is 3.00 bits per heavy atom. The van der Waals surface area contributed by atoms with Crippen molar-refractivity contribution in [2.24, 2.45) is 0 Å². The van der Waals surface area contributed by atoms with E-state index in [0.717, 1.165) is 45.2 Å². The summed E-state index contributed by atoms with van der Waals surface area (Å²) in [4.78, 5) is 6.45. The summed E-state index contributed by atoms with van der Waals surface area (Å²) in [6.45, 7) is 6.49. The molecule has 0 saturated carbocycles. The molecule has 1 heterocycles. The highest BCUT2D eigenvalue weighted by molar-refractivity contribution is 5.25. The van der Waals surface area contributed by atoms with Gasteiger partial charge in [0.2, 0.25) is 5.95 Å². The van der Waals surface area contributed by atoms with Crippen molar-refractivity contribution in [2.45, 2.75) is 19.9 Å². The number of imidazole rings is 1. The third-order valence-electron chi connectivity index (χ3n) is 2.45. The molecule has 0 aliphatic rings. The van der Waals surface area contributed by atoms with Gasteiger partial charge in [0.05, 0.1) is 0 Å². The maximum Gasteiger partial charge on any atom is 0.202 e. The van der Waals surface area contributed by atoms with Gasteiger partial charge < -0.3 is 19.5 Å². The molecule has 17 heavy (non-hydrogen) atoms. The summed E-state index contributed by atoms with van der Waals surface area (Å²) >= 11 is 0. The minimum Gasteiger partial charge on any atom is -0.382 e. The van der Waals surface area contributed by atoms with E-state index in [4.69, 9.17) is 4.74 Å². The molecule has 1 N–H and O–H groups in total. The van der Waals surface area contributed by atoms with Crippen molar-refractivity contribution in [3.05, 3.63) is 12.4 Å². The number of rotatable bonds is 9. The average molecular weight is 240 g/mol. The molecule has 5 heteroatoms. The molecule has 98 valence electrons. The number of aromatic nitrogens is 2. The van der Waals surface area contributed by atoms with Crippen LogP contribution >= 0.6 is 0 Å². The lowest BCUT2D eigenvalue weighted by atomic mass is 10.4. The summed E-state index contributed by atoms with van der Waals surface area (Å²) < 4.78 is 7.46. The first-order valence-corrected chi connectivity index (χ1v) is 6.21. The Balaban J connectivity index is 2.27. The fourth-order valence-electron chi connectivity index (χ4n) is 1.53. The molecule has 0 spiro atoms. The second-order valence-electron chi connectivity index (χ2n) is 4.22. The summed E-state index contributed by atoms with van der Waals surface area (Å²) in [6, 6.07) is 0. The zero-order valence-corrected chi connectivity index (χ0v) is 11.1. The Labute approximate surface area is 104 Å². The van der Waals surface area contributed by atoms with Gasteiger partial charge in [-0.05, 0) is 27.4 Å². The molecule has 0 aromatic carbocycles. The van der Waals surface area contributed by atoms with Gasteiger partial charge in [0.25, 0.3) is 0 Å². The largest absolute Gasteiger partial charge is 0.382 e. The van der Waals surface area contributed by atoms with Crippen LogP contribution in [0.5, 0.6) is 0 Å². The van der Waals surface area contributed by atoms with Crippen LogP contribution in [-0.4, -0.2) is 54.8 Å². The highest BCUT2D eigenvalue weighted by Crippen LogP contribution is 2.05. The highest BCUT2D eigenvalue weighted by atomic mass is 16.5. The molecule has 1 aromatic rings. The lowest BCUT2D eigenvalue weighted by Crippen LogP contribution is -2.22. The van der Waals surface area contributed by atoms with Crippen LogP contribution in [0.3, 0.4) is 0 Å². The third-order valence-corrected chi connectivity index (χ3v) is 2.45. The average Bonchev–Trinajstić information content (AvgIpc) is 2.72. The molecular weight excluding hydrogens is 216 g/mol. The first-order chi connectivity index (χ1) is 8.24. The van der Waals surface area contributed by atoms with Gasteiger partial charge >= 0.3 is 0 Å². The molecule has 0 amide bonds. The van der Waals surface area contributed by atoms with E-state index in [1.54, 1.807) is 0 Å². The van der Waals surface area contributed by atoms with Gasteiger partial charge in [-0.3, -0.25) is 0 Å². The standard InChI is InChI=1S/C12H24N4O/c1-4-17-11-5-8-16-10-7-14-12(16)13-6-9-15(2)3/h7,10H,4-6,8-9,11H2,1-3H3,(H,13,14). The molecule has 0 bridgehead atoms. The Bertz CT molecular complexity index is 298. The Hall–Kier alpha value is -1.07. The maximum atomic E-state index is 5.32. The van der Waals surface area contributed by atoms with Gasteiger partial charge in [-0.25, -0.2) is 4.98 Å². The van der Waals surface area contributed by atoms with E-state index in [9.17, 15) is 0 Å². The van der Waals surface area contributed by atoms with E-state index in [0.29, 0.717) is 0 Å². The van der Waals surface area contributed by atoms with Crippen LogP contribution in [0.4, 0.5) is 5.95 Å². The van der Waals surface area contributed by atoms with Gasteiger partial charge in [0, 0.05) is 45.2 Å². The number of nitrogens with zero attached hydrogens (tertiary/aromatic N) is 3. The topological polar surface area (TPSA) is 42.3 Å². The van der Waals surface area contributed by atoms with E-state index in [1.165, 1.54) is 0 Å². The number of hydrogen-bond acceptors (Lipinski definition) is 4. The zero-order valence-electron chi connectivity index (χ0n) is 11.1. The van der Waals surface area contributed by atoms with Gasteiger partial charge in [-0.1, -0.05) is 0 Å². The quantitative estimate of drug-likeness (QED) is 0.660. The molecule has 0 saturated heterocycles. The highest BCUT2D eigenvalue weighted by Gasteiger charge is 2.01. The van der Waals surface area contributed by atoms with E-state index in [-0.39, 0.29) is 0 Å². The fraction of sp³-hybridized carbons (Fsp3) is 0.750. The summed E-state index contributed by atoms with van der Waals surface area (Å²) in [5.74, 6) is 0.948. The second kappa shape index (κ2) is 8.08. The molecule has 0 fully saturated rings. The van der Waals surface area contributed by atoms with Crippen LogP contribution in [0.25, 0.3) is 0 Å². The molecule has 1 rings (SSSR count). The SMILES string of the molecule is CCOCCCn1ccnc1NCCN(C)C. The number of ether oxygens (including phenoxy) is 1. The fourth-order valence-corrected chi connectivity index (χ4v) is 1.53. The normalized spacial score (nSPS) is 11.1. The van der Waals surface area contributed by atoms with E-state index < -0.39 is 0 Å². The summed E-state index contributed by atoms with van der Waals surface area (Å²) in [5.41, 5.74) is 0. The molecule has 0 atom stereocenters. The van der Waals surface area contributed by atoms with Crippen LogP contribution in [-0.2, 0) is 11.3 Å². The molecule has 0 unspecified atom stereocenters. The van der Waals surface area contributed by atoms with Crippen LogP contribution in [0, 0.1) is 0 Å². The molecule has 5 nitrogen and oxygen atoms in total. The van der Waals surface area contributed by atoms with Crippen LogP contribution in [0.1, 0.15) is 13.3 Å². The van der Waals surface area contributed by atoms with Crippen molar-refractivity contribution < 1.29 is 4.74 Å². The number of hydrogen-bond donors (Lipinski definition) is 1. The number of anilines is 1. The van der Waals surface area contributed by atoms with Crippen molar-refractivity contribution in [2.75, 3.05) is 45.7 Å². The molecular formula is C12H24N4O. The van der Waals surface area contributed by atoms with Gasteiger partial charge in [-0.15, -0.1) is 0 Å². The third kappa shape index (κ3) is 5.70. The lowest BCUT2D eigenvalue weighted by Gasteiger charge is -2.12. The van der Waals surface area contributed by atoms with Crippen molar-refractivity contribution in [3.8, 4) is 0 Å². The smallest absolute Gasteiger partial charge is 0.202 e. The summed E-state index contributed by atoms with van der Waals surface area (Å²) in [5, 5.41) is 3.33. The summed E-state index contributed by atoms with van der Waals surface area (Å²) in [7, 11) is 4.13. The molecule has 0 aliphatic carbocycles. The van der Waals surface area contributed by atoms with E-state index >= 15 is 0 Å². The summed E-state index contributed by atoms with van der Waals surface area (Å²) in [6.07, 6.45) is 4.86. The van der Waals surface area contributed by atoms with Crippen LogP contribution in [0.15, 0.2) is 12.4 Å². The minimum atomic E-state index is 0.790. The number of likely N-dealkylation sites (N-methyl/N-ethyl adjacent to an activating group) is 1. The van der Waals surface area contributed by atoms with Gasteiger partial charge in [0.15, 0.2) is 0 Å². The molecule has 0 aliphatic heterocycles. The Morgan fingerprint density at radius 1 is 1.47 bits per heavy atom. The van der Waals surface area contributed by atoms with Gasteiger partial charge in [0.1, 0.15) is 0 Å². The monoisotopic (exact) mass is 240 g/mol. The lowest BCUT2D eigenvalue weighted by molar-refractivity contribution is 0.142. The molecule has 1 aromatic heterocycles. The van der Waals surface area contributed by atoms with Crippen molar-refractivity contribution in [1.29, 1.82) is 0 Å². The predicted octanol–water partition coefficient (Wildman–Crippen LogP) is 1.28. The Kier molecular flexibility index (Phi) is 6.65.